The molecule has 1 aromatic carbocycles. The van der Waals surface area contributed by atoms with E-state index < -0.39 is 5.82 Å². The monoisotopic (exact) mass is 211 g/mol. The summed E-state index contributed by atoms with van der Waals surface area (Å²) in [5.74, 6) is -0.687. The number of rotatable bonds is 0. The lowest BCUT2D eigenvalue weighted by Gasteiger charge is -2.03. The van der Waals surface area contributed by atoms with Crippen LogP contribution in [0.25, 0.3) is 0 Å². The van der Waals surface area contributed by atoms with E-state index in [9.17, 15) is 4.39 Å². The summed E-state index contributed by atoms with van der Waals surface area (Å²) in [6.45, 7) is 0. The molecule has 1 nitrogen and oxygen atoms in total. The van der Waals surface area contributed by atoms with E-state index >= 15 is 0 Å². The van der Waals surface area contributed by atoms with Crippen molar-refractivity contribution in [3.8, 4) is 0 Å². The molecule has 0 heterocycles. The van der Waals surface area contributed by atoms with Crippen molar-refractivity contribution < 1.29 is 4.39 Å². The molecule has 1 aromatic rings. The van der Waals surface area contributed by atoms with Gasteiger partial charge in [0.25, 0.3) is 0 Å². The molecule has 0 unspecified atom stereocenters. The molecule has 60 valence electrons. The van der Waals surface area contributed by atoms with Crippen LogP contribution in [-0.4, -0.2) is 0 Å². The Morgan fingerprint density at radius 1 is 1.45 bits per heavy atom. The summed E-state index contributed by atoms with van der Waals surface area (Å²) in [6.07, 6.45) is 0. The predicted octanol–water partition coefficient (Wildman–Crippen LogP) is 3.00. The number of halogens is 3. The number of benzene rings is 1. The van der Waals surface area contributed by atoms with E-state index in [2.05, 4.69) is 12.6 Å². The zero-order valence-electron chi connectivity index (χ0n) is 5.24. The Bertz CT molecular complexity index is 277. The summed E-state index contributed by atoms with van der Waals surface area (Å²) in [6, 6.07) is 1.27. The molecule has 0 aliphatic carbocycles. The molecular weight excluding hydrogens is 208 g/mol. The Morgan fingerprint density at radius 2 is 2.00 bits per heavy atom. The first-order valence-electron chi connectivity index (χ1n) is 2.66. The van der Waals surface area contributed by atoms with Gasteiger partial charge in [0.2, 0.25) is 0 Å². The summed E-state index contributed by atoms with van der Waals surface area (Å²) in [5.41, 5.74) is 5.65. The third kappa shape index (κ3) is 1.55. The topological polar surface area (TPSA) is 26.0 Å². The van der Waals surface area contributed by atoms with E-state index in [4.69, 9.17) is 28.9 Å². The first-order chi connectivity index (χ1) is 5.04. The van der Waals surface area contributed by atoms with Crippen LogP contribution in [0, 0.1) is 5.82 Å². The molecule has 11 heavy (non-hydrogen) atoms. The molecule has 2 N–H and O–H groups in total. The van der Waals surface area contributed by atoms with E-state index in [1.165, 1.54) is 6.07 Å². The van der Waals surface area contributed by atoms with Crippen LogP contribution in [0.3, 0.4) is 0 Å². The summed E-state index contributed by atoms with van der Waals surface area (Å²) in [7, 11) is 0. The van der Waals surface area contributed by atoms with Crippen LogP contribution in [0.5, 0.6) is 0 Å². The molecule has 5 heteroatoms. The van der Waals surface area contributed by atoms with E-state index in [0.717, 1.165) is 0 Å². The Balaban J connectivity index is 3.46. The maximum absolute atomic E-state index is 12.8. The lowest BCUT2D eigenvalue weighted by molar-refractivity contribution is 0.625. The number of nitrogen functional groups attached to an aromatic ring is 1. The normalized spacial score (nSPS) is 10.2. The summed E-state index contributed by atoms with van der Waals surface area (Å²) in [4.78, 5) is 0.216. The number of hydrogen-bond donors (Lipinski definition) is 2. The highest BCUT2D eigenvalue weighted by atomic mass is 35.5. The lowest BCUT2D eigenvalue weighted by atomic mass is 10.3. The van der Waals surface area contributed by atoms with Crippen molar-refractivity contribution in [2.24, 2.45) is 0 Å². The number of anilines is 1. The second-order valence-corrected chi connectivity index (χ2v) is 3.16. The van der Waals surface area contributed by atoms with Crippen LogP contribution in [0.15, 0.2) is 11.0 Å². The second kappa shape index (κ2) is 3.09. The fraction of sp³-hybridized carbons (Fsp3) is 0. The third-order valence-corrected chi connectivity index (χ3v) is 2.41. The van der Waals surface area contributed by atoms with Gasteiger partial charge in [-0.15, -0.1) is 12.6 Å². The van der Waals surface area contributed by atoms with E-state index in [-0.39, 0.29) is 20.6 Å². The van der Waals surface area contributed by atoms with Crippen LogP contribution >= 0.6 is 35.8 Å². The highest BCUT2D eigenvalue weighted by molar-refractivity contribution is 7.80. The SMILES string of the molecule is Nc1cc(Cl)c(F)c(Cl)c1S. The minimum Gasteiger partial charge on any atom is -0.398 e. The average molecular weight is 212 g/mol. The molecule has 0 saturated heterocycles. The van der Waals surface area contributed by atoms with Gasteiger partial charge in [0.1, 0.15) is 0 Å². The zero-order valence-corrected chi connectivity index (χ0v) is 7.64. The van der Waals surface area contributed by atoms with Gasteiger partial charge in [-0.2, -0.15) is 0 Å². The van der Waals surface area contributed by atoms with Crippen molar-refractivity contribution in [2.45, 2.75) is 4.90 Å². The smallest absolute Gasteiger partial charge is 0.161 e. The van der Waals surface area contributed by atoms with Gasteiger partial charge >= 0.3 is 0 Å². The number of nitrogens with two attached hydrogens (primary N) is 1. The molecule has 0 aromatic heterocycles. The first-order valence-corrected chi connectivity index (χ1v) is 3.86. The zero-order chi connectivity index (χ0) is 8.59. The fourth-order valence-corrected chi connectivity index (χ4v) is 1.24. The molecular formula is C6H4Cl2FNS. The maximum Gasteiger partial charge on any atom is 0.161 e. The molecule has 0 atom stereocenters. The van der Waals surface area contributed by atoms with Gasteiger partial charge in [0, 0.05) is 10.6 Å². The van der Waals surface area contributed by atoms with Gasteiger partial charge < -0.3 is 5.73 Å². The van der Waals surface area contributed by atoms with Crippen molar-refractivity contribution >= 4 is 41.5 Å². The van der Waals surface area contributed by atoms with Crippen molar-refractivity contribution in [1.82, 2.24) is 0 Å². The standard InChI is InChI=1S/C6H4Cl2FNS/c7-2-1-3(10)6(11)4(8)5(2)9/h1,11H,10H2. The van der Waals surface area contributed by atoms with E-state index in [1.54, 1.807) is 0 Å². The third-order valence-electron chi connectivity index (χ3n) is 1.17. The van der Waals surface area contributed by atoms with Crippen LogP contribution in [-0.2, 0) is 0 Å². The highest BCUT2D eigenvalue weighted by Gasteiger charge is 2.10. The van der Waals surface area contributed by atoms with Crippen molar-refractivity contribution in [3.05, 3.63) is 21.9 Å². The van der Waals surface area contributed by atoms with Crippen LogP contribution in [0.2, 0.25) is 10.0 Å². The van der Waals surface area contributed by atoms with Gasteiger partial charge in [0.15, 0.2) is 5.82 Å². The summed E-state index contributed by atoms with van der Waals surface area (Å²) >= 11 is 14.8. The van der Waals surface area contributed by atoms with Gasteiger partial charge in [0.05, 0.1) is 10.0 Å². The first kappa shape index (κ1) is 8.97. The average Bonchev–Trinajstić information content (AvgIpc) is 1.97. The van der Waals surface area contributed by atoms with Crippen LogP contribution in [0.4, 0.5) is 10.1 Å². The molecule has 0 fully saturated rings. The minimum atomic E-state index is -0.687. The van der Waals surface area contributed by atoms with Crippen molar-refractivity contribution in [3.63, 3.8) is 0 Å². The summed E-state index contributed by atoms with van der Waals surface area (Å²) < 4.78 is 12.8. The Hall–Kier alpha value is -0.120. The van der Waals surface area contributed by atoms with Crippen LogP contribution < -0.4 is 5.73 Å². The van der Waals surface area contributed by atoms with Crippen molar-refractivity contribution in [1.29, 1.82) is 0 Å². The fourth-order valence-electron chi connectivity index (χ4n) is 0.604. The van der Waals surface area contributed by atoms with Gasteiger partial charge in [-0.1, -0.05) is 23.2 Å². The predicted molar refractivity (Wildman–Crippen MR) is 48.1 cm³/mol. The second-order valence-electron chi connectivity index (χ2n) is 1.92. The summed E-state index contributed by atoms with van der Waals surface area (Å²) in [5, 5.41) is -0.233. The Kier molecular flexibility index (Phi) is 2.52. The Morgan fingerprint density at radius 3 is 2.55 bits per heavy atom. The highest BCUT2D eigenvalue weighted by Crippen LogP contribution is 2.33. The quantitative estimate of drug-likeness (QED) is 0.386. The molecule has 0 bridgehead atoms. The molecule has 0 aliphatic rings. The molecule has 0 aliphatic heterocycles. The number of hydrogen-bond acceptors (Lipinski definition) is 2. The van der Waals surface area contributed by atoms with E-state index in [0.29, 0.717) is 0 Å². The molecule has 1 rings (SSSR count). The molecule has 0 amide bonds. The van der Waals surface area contributed by atoms with E-state index in [1.807, 2.05) is 0 Å². The van der Waals surface area contributed by atoms with Gasteiger partial charge in [-0.3, -0.25) is 0 Å². The Labute approximate surface area is 78.7 Å². The molecule has 0 saturated carbocycles. The molecule has 0 radical (unpaired) electrons. The van der Waals surface area contributed by atoms with Crippen molar-refractivity contribution in [2.75, 3.05) is 5.73 Å². The number of thiol groups is 1. The lowest BCUT2D eigenvalue weighted by Crippen LogP contribution is -1.90. The maximum atomic E-state index is 12.8. The molecule has 0 spiro atoms. The largest absolute Gasteiger partial charge is 0.398 e. The van der Waals surface area contributed by atoms with Crippen LogP contribution in [0.1, 0.15) is 0 Å². The van der Waals surface area contributed by atoms with Gasteiger partial charge in [-0.05, 0) is 6.07 Å². The van der Waals surface area contributed by atoms with Gasteiger partial charge in [-0.25, -0.2) is 4.39 Å². The minimum absolute atomic E-state index is 0.0923.